The number of benzene rings is 1. The number of amides is 2. The third-order valence-electron chi connectivity index (χ3n) is 4.09. The van der Waals surface area contributed by atoms with Crippen LogP contribution in [0.25, 0.3) is 5.69 Å². The van der Waals surface area contributed by atoms with Gasteiger partial charge in [-0.3, -0.25) is 9.59 Å². The van der Waals surface area contributed by atoms with E-state index in [2.05, 4.69) is 15.6 Å². The Bertz CT molecular complexity index is 698. The molecule has 0 radical (unpaired) electrons. The second-order valence-corrected chi connectivity index (χ2v) is 5.52. The van der Waals surface area contributed by atoms with Gasteiger partial charge in [0.05, 0.1) is 18.1 Å². The summed E-state index contributed by atoms with van der Waals surface area (Å²) in [5.74, 6) is -0.231. The van der Waals surface area contributed by atoms with Gasteiger partial charge in [-0.2, -0.15) is 0 Å². The molecule has 0 bridgehead atoms. The molecule has 1 aliphatic rings. The highest BCUT2D eigenvalue weighted by Gasteiger charge is 2.32. The number of carbonyl (C=O) groups excluding carboxylic acids is 2. The van der Waals surface area contributed by atoms with E-state index in [0.29, 0.717) is 18.5 Å². The summed E-state index contributed by atoms with van der Waals surface area (Å²) in [5, 5.41) is 10.4. The predicted molar refractivity (Wildman–Crippen MR) is 84.1 cm³/mol. The Morgan fingerprint density at radius 2 is 2.17 bits per heavy atom. The molecular formula is C16H19N5O2. The Hall–Kier alpha value is -2.70. The van der Waals surface area contributed by atoms with Crippen molar-refractivity contribution in [1.82, 2.24) is 25.2 Å². The molecule has 2 heterocycles. The van der Waals surface area contributed by atoms with Crippen molar-refractivity contribution in [3.63, 3.8) is 0 Å². The van der Waals surface area contributed by atoms with E-state index in [0.717, 1.165) is 18.5 Å². The van der Waals surface area contributed by atoms with Crippen LogP contribution in [0.5, 0.6) is 0 Å². The molecule has 0 spiro atoms. The number of likely N-dealkylation sites (N-methyl/N-ethyl adjacent to an activating group) is 1. The fourth-order valence-corrected chi connectivity index (χ4v) is 2.91. The molecule has 2 aromatic rings. The van der Waals surface area contributed by atoms with Crippen LogP contribution in [-0.2, 0) is 4.79 Å². The number of aromatic nitrogens is 3. The summed E-state index contributed by atoms with van der Waals surface area (Å²) in [6.07, 6.45) is 5.88. The molecule has 23 heavy (non-hydrogen) atoms. The van der Waals surface area contributed by atoms with Gasteiger partial charge in [-0.25, -0.2) is 4.68 Å². The van der Waals surface area contributed by atoms with Gasteiger partial charge in [-0.1, -0.05) is 11.3 Å². The van der Waals surface area contributed by atoms with E-state index in [1.807, 2.05) is 12.1 Å². The van der Waals surface area contributed by atoms with Crippen molar-refractivity contribution in [1.29, 1.82) is 0 Å². The van der Waals surface area contributed by atoms with Gasteiger partial charge in [0.15, 0.2) is 0 Å². The monoisotopic (exact) mass is 313 g/mol. The number of likely N-dealkylation sites (tertiary alicyclic amines) is 1. The van der Waals surface area contributed by atoms with Gasteiger partial charge in [0, 0.05) is 19.2 Å². The van der Waals surface area contributed by atoms with E-state index >= 15 is 0 Å². The Balaban J connectivity index is 1.87. The highest BCUT2D eigenvalue weighted by Crippen LogP contribution is 2.21. The van der Waals surface area contributed by atoms with Gasteiger partial charge >= 0.3 is 0 Å². The fraction of sp³-hybridized carbons (Fsp3) is 0.375. The SMILES string of the molecule is CNC(=O)C1CCCCN1C(=O)c1cccc(-n2ccnn2)c1. The van der Waals surface area contributed by atoms with Gasteiger partial charge in [0.25, 0.3) is 5.91 Å². The first-order chi connectivity index (χ1) is 11.2. The molecule has 1 unspecified atom stereocenters. The zero-order valence-electron chi connectivity index (χ0n) is 13.0. The van der Waals surface area contributed by atoms with Crippen LogP contribution in [0.4, 0.5) is 0 Å². The smallest absolute Gasteiger partial charge is 0.254 e. The maximum absolute atomic E-state index is 12.9. The highest BCUT2D eigenvalue weighted by molar-refractivity contribution is 5.98. The van der Waals surface area contributed by atoms with Crippen LogP contribution in [0, 0.1) is 0 Å². The number of carbonyl (C=O) groups is 2. The first kappa shape index (κ1) is 15.2. The standard InChI is InChI=1S/C16H19N5O2/c1-17-15(22)14-7-2-3-9-20(14)16(23)12-5-4-6-13(11-12)21-10-8-18-19-21/h4-6,8,10-11,14H,2-3,7,9H2,1H3,(H,17,22). The zero-order valence-corrected chi connectivity index (χ0v) is 13.0. The third kappa shape index (κ3) is 3.08. The van der Waals surface area contributed by atoms with Crippen LogP contribution < -0.4 is 5.32 Å². The van der Waals surface area contributed by atoms with Crippen molar-refractivity contribution < 1.29 is 9.59 Å². The lowest BCUT2D eigenvalue weighted by atomic mass is 10.00. The molecule has 7 nitrogen and oxygen atoms in total. The van der Waals surface area contributed by atoms with Gasteiger partial charge in [-0.05, 0) is 37.5 Å². The minimum atomic E-state index is -0.392. The van der Waals surface area contributed by atoms with Crippen LogP contribution in [-0.4, -0.2) is 51.3 Å². The first-order valence-corrected chi connectivity index (χ1v) is 7.70. The summed E-state index contributed by atoms with van der Waals surface area (Å²) < 4.78 is 1.60. The van der Waals surface area contributed by atoms with Crippen molar-refractivity contribution in [3.8, 4) is 5.69 Å². The second kappa shape index (κ2) is 6.60. The topological polar surface area (TPSA) is 80.1 Å². The number of hydrogen-bond acceptors (Lipinski definition) is 4. The van der Waals surface area contributed by atoms with Crippen LogP contribution in [0.1, 0.15) is 29.6 Å². The van der Waals surface area contributed by atoms with E-state index in [9.17, 15) is 9.59 Å². The largest absolute Gasteiger partial charge is 0.357 e. The lowest BCUT2D eigenvalue weighted by Gasteiger charge is -2.34. The molecule has 2 amide bonds. The fourth-order valence-electron chi connectivity index (χ4n) is 2.91. The number of rotatable bonds is 3. The normalized spacial score (nSPS) is 17.8. The lowest BCUT2D eigenvalue weighted by Crippen LogP contribution is -2.51. The molecule has 7 heteroatoms. The van der Waals surface area contributed by atoms with E-state index < -0.39 is 6.04 Å². The number of nitrogens with zero attached hydrogens (tertiary/aromatic N) is 4. The van der Waals surface area contributed by atoms with Crippen molar-refractivity contribution in [2.45, 2.75) is 25.3 Å². The average molecular weight is 313 g/mol. The summed E-state index contributed by atoms with van der Waals surface area (Å²) in [6, 6.07) is 6.81. The number of piperidine rings is 1. The van der Waals surface area contributed by atoms with E-state index in [4.69, 9.17) is 0 Å². The number of nitrogens with one attached hydrogen (secondary N) is 1. The lowest BCUT2D eigenvalue weighted by molar-refractivity contribution is -0.126. The molecule has 1 saturated heterocycles. The quantitative estimate of drug-likeness (QED) is 0.917. The van der Waals surface area contributed by atoms with E-state index in [-0.39, 0.29) is 11.8 Å². The Morgan fingerprint density at radius 3 is 2.91 bits per heavy atom. The molecule has 1 aromatic carbocycles. The summed E-state index contributed by atoms with van der Waals surface area (Å²) >= 11 is 0. The molecular weight excluding hydrogens is 294 g/mol. The molecule has 1 aromatic heterocycles. The molecule has 1 aliphatic heterocycles. The Morgan fingerprint density at radius 1 is 1.30 bits per heavy atom. The molecule has 120 valence electrons. The van der Waals surface area contributed by atoms with Crippen LogP contribution in [0.2, 0.25) is 0 Å². The van der Waals surface area contributed by atoms with E-state index in [1.54, 1.807) is 41.2 Å². The van der Waals surface area contributed by atoms with Crippen LogP contribution >= 0.6 is 0 Å². The predicted octanol–water partition coefficient (Wildman–Crippen LogP) is 1.01. The van der Waals surface area contributed by atoms with Gasteiger partial charge < -0.3 is 10.2 Å². The van der Waals surface area contributed by atoms with Gasteiger partial charge in [0.2, 0.25) is 5.91 Å². The second-order valence-electron chi connectivity index (χ2n) is 5.52. The summed E-state index contributed by atoms with van der Waals surface area (Å²) in [5.41, 5.74) is 1.32. The number of hydrogen-bond donors (Lipinski definition) is 1. The summed E-state index contributed by atoms with van der Waals surface area (Å²) in [7, 11) is 1.60. The molecule has 0 aliphatic carbocycles. The van der Waals surface area contributed by atoms with Crippen molar-refractivity contribution >= 4 is 11.8 Å². The zero-order chi connectivity index (χ0) is 16.2. The molecule has 0 saturated carbocycles. The van der Waals surface area contributed by atoms with Crippen molar-refractivity contribution in [2.75, 3.05) is 13.6 Å². The summed E-state index contributed by atoms with van der Waals surface area (Å²) in [4.78, 5) is 26.6. The molecule has 1 N–H and O–H groups in total. The van der Waals surface area contributed by atoms with Gasteiger partial charge in [-0.15, -0.1) is 5.10 Å². The molecule has 1 atom stereocenters. The van der Waals surface area contributed by atoms with Crippen LogP contribution in [0.15, 0.2) is 36.7 Å². The maximum Gasteiger partial charge on any atom is 0.254 e. The average Bonchev–Trinajstić information content (AvgIpc) is 3.15. The Kier molecular flexibility index (Phi) is 4.36. The van der Waals surface area contributed by atoms with Crippen LogP contribution in [0.3, 0.4) is 0 Å². The molecule has 3 rings (SSSR count). The van der Waals surface area contributed by atoms with Crippen molar-refractivity contribution in [3.05, 3.63) is 42.2 Å². The first-order valence-electron chi connectivity index (χ1n) is 7.70. The molecule has 1 fully saturated rings. The maximum atomic E-state index is 12.9. The van der Waals surface area contributed by atoms with Crippen molar-refractivity contribution in [2.24, 2.45) is 0 Å². The Labute approximate surface area is 134 Å². The van der Waals surface area contributed by atoms with Gasteiger partial charge in [0.1, 0.15) is 6.04 Å². The summed E-state index contributed by atoms with van der Waals surface area (Å²) in [6.45, 7) is 0.602. The highest BCUT2D eigenvalue weighted by atomic mass is 16.2. The van der Waals surface area contributed by atoms with E-state index in [1.165, 1.54) is 0 Å². The minimum Gasteiger partial charge on any atom is -0.357 e. The minimum absolute atomic E-state index is 0.106. The third-order valence-corrected chi connectivity index (χ3v) is 4.09.